The van der Waals surface area contributed by atoms with Crippen LogP contribution in [0, 0.1) is 5.41 Å². The molecule has 28 heavy (non-hydrogen) atoms. The van der Waals surface area contributed by atoms with E-state index in [2.05, 4.69) is 29.6 Å². The number of hydrogen-bond donors (Lipinski definition) is 2. The van der Waals surface area contributed by atoms with E-state index in [-0.39, 0.29) is 17.5 Å². The second kappa shape index (κ2) is 7.66. The Kier molecular flexibility index (Phi) is 5.45. The summed E-state index contributed by atoms with van der Waals surface area (Å²) in [4.78, 5) is 24.4. The third kappa shape index (κ3) is 4.18. The van der Waals surface area contributed by atoms with Crippen LogP contribution in [0.2, 0.25) is 0 Å². The van der Waals surface area contributed by atoms with E-state index in [0.717, 1.165) is 35.5 Å². The molecule has 1 heterocycles. The van der Waals surface area contributed by atoms with E-state index in [1.54, 1.807) is 13.3 Å². The summed E-state index contributed by atoms with van der Waals surface area (Å²) in [5, 5.41) is 10.1. The summed E-state index contributed by atoms with van der Waals surface area (Å²) in [7, 11) is 1.63. The minimum absolute atomic E-state index is 0.0380. The molecule has 150 valence electrons. The van der Waals surface area contributed by atoms with Gasteiger partial charge in [0.2, 0.25) is 0 Å². The molecule has 0 saturated carbocycles. The number of rotatable bonds is 4. The van der Waals surface area contributed by atoms with Crippen LogP contribution in [0.15, 0.2) is 30.5 Å². The Morgan fingerprint density at radius 1 is 1.21 bits per heavy atom. The van der Waals surface area contributed by atoms with Crippen LogP contribution in [0.3, 0.4) is 0 Å². The highest BCUT2D eigenvalue weighted by atomic mass is 16.5. The van der Waals surface area contributed by atoms with Crippen LogP contribution in [0.1, 0.15) is 51.4 Å². The second-order valence-corrected chi connectivity index (χ2v) is 8.36. The minimum atomic E-state index is -0.612. The zero-order valence-corrected chi connectivity index (χ0v) is 17.1. The van der Waals surface area contributed by atoms with Gasteiger partial charge in [0, 0.05) is 11.6 Å². The van der Waals surface area contributed by atoms with Gasteiger partial charge < -0.3 is 15.4 Å². The fraction of sp³-hybridized carbons (Fsp3) is 0.476. The predicted octanol–water partition coefficient (Wildman–Crippen LogP) is 2.54. The normalized spacial score (nSPS) is 17.7. The van der Waals surface area contributed by atoms with Crippen LogP contribution in [-0.4, -0.2) is 34.7 Å². The highest BCUT2D eigenvalue weighted by Gasteiger charge is 2.36. The van der Waals surface area contributed by atoms with Crippen LogP contribution in [-0.2, 0) is 16.0 Å². The van der Waals surface area contributed by atoms with Crippen molar-refractivity contribution in [3.63, 3.8) is 0 Å². The molecular weight excluding hydrogens is 356 g/mol. The number of amides is 2. The molecule has 1 aromatic carbocycles. The monoisotopic (exact) mass is 384 g/mol. The van der Waals surface area contributed by atoms with Crippen molar-refractivity contribution in [3.8, 4) is 11.4 Å². The van der Waals surface area contributed by atoms with E-state index in [9.17, 15) is 9.59 Å². The number of nitrogens with one attached hydrogen (secondary N) is 2. The average Bonchev–Trinajstić information content (AvgIpc) is 3.03. The third-order valence-corrected chi connectivity index (χ3v) is 4.93. The van der Waals surface area contributed by atoms with Crippen LogP contribution < -0.4 is 15.4 Å². The van der Waals surface area contributed by atoms with Gasteiger partial charge >= 0.3 is 11.8 Å². The first-order valence-corrected chi connectivity index (χ1v) is 9.53. The van der Waals surface area contributed by atoms with Gasteiger partial charge in [-0.15, -0.1) is 0 Å². The molecule has 7 heteroatoms. The number of aromatic nitrogens is 2. The lowest BCUT2D eigenvalue weighted by atomic mass is 9.74. The minimum Gasteiger partial charge on any atom is -0.497 e. The molecule has 0 unspecified atom stereocenters. The quantitative estimate of drug-likeness (QED) is 0.794. The molecule has 0 fully saturated rings. The van der Waals surface area contributed by atoms with Crippen molar-refractivity contribution in [2.45, 2.75) is 52.6 Å². The third-order valence-electron chi connectivity index (χ3n) is 4.93. The van der Waals surface area contributed by atoms with Crippen molar-refractivity contribution >= 4 is 11.8 Å². The van der Waals surface area contributed by atoms with Gasteiger partial charge in [0.25, 0.3) is 0 Å². The van der Waals surface area contributed by atoms with E-state index >= 15 is 0 Å². The first-order chi connectivity index (χ1) is 13.2. The van der Waals surface area contributed by atoms with Crippen LogP contribution in [0.5, 0.6) is 5.75 Å². The molecule has 0 spiro atoms. The van der Waals surface area contributed by atoms with E-state index < -0.39 is 11.8 Å². The van der Waals surface area contributed by atoms with E-state index in [0.29, 0.717) is 0 Å². The maximum absolute atomic E-state index is 12.4. The molecule has 2 amide bonds. The molecule has 1 aliphatic carbocycles. The lowest BCUT2D eigenvalue weighted by molar-refractivity contribution is -0.140. The summed E-state index contributed by atoms with van der Waals surface area (Å²) in [6, 6.07) is 7.36. The van der Waals surface area contributed by atoms with Gasteiger partial charge in [-0.25, -0.2) is 4.68 Å². The molecule has 0 aliphatic heterocycles. The number of hydrogen-bond acceptors (Lipinski definition) is 4. The first kappa shape index (κ1) is 19.9. The Balaban J connectivity index is 1.89. The second-order valence-electron chi connectivity index (χ2n) is 8.36. The fourth-order valence-corrected chi connectivity index (χ4v) is 3.67. The molecule has 2 N–H and O–H groups in total. The first-order valence-electron chi connectivity index (χ1n) is 9.53. The van der Waals surface area contributed by atoms with Gasteiger partial charge in [-0.05, 0) is 56.4 Å². The van der Waals surface area contributed by atoms with Gasteiger partial charge in [0.1, 0.15) is 5.75 Å². The molecule has 0 saturated heterocycles. The average molecular weight is 384 g/mol. The van der Waals surface area contributed by atoms with Crippen molar-refractivity contribution in [3.05, 3.63) is 41.7 Å². The summed E-state index contributed by atoms with van der Waals surface area (Å²) in [6.45, 7) is 7.97. The molecule has 2 aromatic rings. The van der Waals surface area contributed by atoms with E-state index in [1.807, 2.05) is 42.8 Å². The summed E-state index contributed by atoms with van der Waals surface area (Å²) in [5.74, 6) is -0.437. The number of carbonyl (C=O) groups excluding carboxylic acids is 2. The van der Waals surface area contributed by atoms with E-state index in [1.165, 1.54) is 0 Å². The topological polar surface area (TPSA) is 85.2 Å². The van der Waals surface area contributed by atoms with E-state index in [4.69, 9.17) is 4.74 Å². The molecule has 1 aliphatic rings. The Morgan fingerprint density at radius 3 is 2.50 bits per heavy atom. The zero-order chi connectivity index (χ0) is 20.5. The maximum atomic E-state index is 12.4. The number of nitrogens with zero attached hydrogens (tertiary/aromatic N) is 2. The lowest BCUT2D eigenvalue weighted by Gasteiger charge is -2.35. The molecule has 1 aromatic heterocycles. The largest absolute Gasteiger partial charge is 0.497 e. The maximum Gasteiger partial charge on any atom is 0.309 e. The fourth-order valence-electron chi connectivity index (χ4n) is 3.67. The summed E-state index contributed by atoms with van der Waals surface area (Å²) >= 11 is 0. The molecule has 3 rings (SSSR count). The summed E-state index contributed by atoms with van der Waals surface area (Å²) < 4.78 is 7.13. The number of benzene rings is 1. The van der Waals surface area contributed by atoms with Crippen LogP contribution in [0.4, 0.5) is 0 Å². The number of fused-ring (bicyclic) bond motifs is 1. The Labute approximate surface area is 165 Å². The van der Waals surface area contributed by atoms with Crippen LogP contribution in [0.25, 0.3) is 5.69 Å². The van der Waals surface area contributed by atoms with Gasteiger partial charge in [-0.3, -0.25) is 9.59 Å². The Bertz CT molecular complexity index is 868. The van der Waals surface area contributed by atoms with Crippen molar-refractivity contribution < 1.29 is 14.3 Å². The highest BCUT2D eigenvalue weighted by Crippen LogP contribution is 2.41. The van der Waals surface area contributed by atoms with Crippen LogP contribution >= 0.6 is 0 Å². The SMILES string of the molecule is COc1ccc(-n2ncc3c2CC(C)(C)C[C@H]3NC(=O)C(=O)NC(C)C)cc1. The van der Waals surface area contributed by atoms with Gasteiger partial charge in [-0.1, -0.05) is 13.8 Å². The molecule has 0 bridgehead atoms. The van der Waals surface area contributed by atoms with Crippen molar-refractivity contribution in [2.75, 3.05) is 7.11 Å². The van der Waals surface area contributed by atoms with Gasteiger partial charge in [-0.2, -0.15) is 5.10 Å². The van der Waals surface area contributed by atoms with Gasteiger partial charge in [0.05, 0.1) is 30.7 Å². The number of ether oxygens (including phenoxy) is 1. The smallest absolute Gasteiger partial charge is 0.309 e. The molecule has 7 nitrogen and oxygen atoms in total. The number of carbonyl (C=O) groups is 2. The highest BCUT2D eigenvalue weighted by molar-refractivity contribution is 6.35. The van der Waals surface area contributed by atoms with Crippen molar-refractivity contribution in [1.82, 2.24) is 20.4 Å². The predicted molar refractivity (Wildman–Crippen MR) is 106 cm³/mol. The van der Waals surface area contributed by atoms with Crippen molar-refractivity contribution in [1.29, 1.82) is 0 Å². The summed E-state index contributed by atoms with van der Waals surface area (Å²) in [6.07, 6.45) is 3.37. The Morgan fingerprint density at radius 2 is 1.89 bits per heavy atom. The molecule has 0 radical (unpaired) electrons. The summed E-state index contributed by atoms with van der Waals surface area (Å²) in [5.41, 5.74) is 2.91. The number of methoxy groups -OCH3 is 1. The molecule has 1 atom stereocenters. The standard InChI is InChI=1S/C21H28N4O3/c1-13(2)23-19(26)20(27)24-17-10-21(3,4)11-18-16(17)12-22-25(18)14-6-8-15(28-5)9-7-14/h6-9,12-13,17H,10-11H2,1-5H3,(H,23,26)(H,24,27)/t17-/m1/s1. The zero-order valence-electron chi connectivity index (χ0n) is 17.1. The van der Waals surface area contributed by atoms with Gasteiger partial charge in [0.15, 0.2) is 0 Å². The molecular formula is C21H28N4O3. The van der Waals surface area contributed by atoms with Crippen molar-refractivity contribution in [2.24, 2.45) is 5.41 Å². The Hall–Kier alpha value is -2.83. The lowest BCUT2D eigenvalue weighted by Crippen LogP contribution is -2.45.